The van der Waals surface area contributed by atoms with Crippen molar-refractivity contribution in [3.63, 3.8) is 0 Å². The minimum Gasteiger partial charge on any atom is -0.417 e. The second-order valence-electron chi connectivity index (χ2n) is 26.4. The van der Waals surface area contributed by atoms with Gasteiger partial charge in [0.05, 0.1) is 0 Å². The van der Waals surface area contributed by atoms with Gasteiger partial charge in [-0.05, 0) is 96.8 Å². The Morgan fingerprint density at radius 1 is 0.288 bits per heavy atom. The largest absolute Gasteiger partial charge is 0.465 e. The van der Waals surface area contributed by atoms with Crippen molar-refractivity contribution in [1.82, 2.24) is 0 Å². The Bertz CT molecular complexity index is 1960. The van der Waals surface area contributed by atoms with Crippen LogP contribution in [0.25, 0.3) is 0 Å². The minimum atomic E-state index is -2.11. The van der Waals surface area contributed by atoms with E-state index < -0.39 is 23.5 Å². The van der Waals surface area contributed by atoms with E-state index in [-0.39, 0.29) is 43.3 Å². The first-order valence-electron chi connectivity index (χ1n) is 23.9. The fourth-order valence-electron chi connectivity index (χ4n) is 7.36. The van der Waals surface area contributed by atoms with Crippen molar-refractivity contribution in [2.45, 2.75) is 223 Å². The zero-order valence-electron chi connectivity index (χ0n) is 45.8. The summed E-state index contributed by atoms with van der Waals surface area (Å²) < 4.78 is 41.7. The molecule has 4 aromatic rings. The van der Waals surface area contributed by atoms with E-state index in [1.54, 1.807) is 0 Å². The van der Waals surface area contributed by atoms with E-state index in [1.807, 2.05) is 6.92 Å². The first-order chi connectivity index (χ1) is 29.7. The second-order valence-corrected chi connectivity index (χ2v) is 28.5. The summed E-state index contributed by atoms with van der Waals surface area (Å²) in [6, 6.07) is 25.9. The molecule has 0 amide bonds. The van der Waals surface area contributed by atoms with E-state index in [0.29, 0.717) is 23.0 Å². The van der Waals surface area contributed by atoms with E-state index in [4.69, 9.17) is 27.1 Å². The highest BCUT2D eigenvalue weighted by molar-refractivity contribution is 7.43. The van der Waals surface area contributed by atoms with Gasteiger partial charge in [0.1, 0.15) is 23.0 Å². The van der Waals surface area contributed by atoms with Gasteiger partial charge in [-0.2, -0.15) is 0 Å². The number of hydrogen-bond acceptors (Lipinski definition) is 6. The van der Waals surface area contributed by atoms with Crippen LogP contribution < -0.4 is 18.1 Å². The molecule has 366 valence electrons. The van der Waals surface area contributed by atoms with Crippen molar-refractivity contribution >= 4 is 17.2 Å². The summed E-state index contributed by atoms with van der Waals surface area (Å²) in [6.07, 6.45) is -0.889. The molecule has 4 rings (SSSR count). The monoisotopic (exact) mass is 943 g/mol. The van der Waals surface area contributed by atoms with Crippen LogP contribution in [-0.4, -0.2) is 6.29 Å². The van der Waals surface area contributed by atoms with Crippen LogP contribution >= 0.6 is 17.2 Å². The number of rotatable bonds is 12. The van der Waals surface area contributed by atoms with Crippen molar-refractivity contribution < 1.29 is 27.1 Å². The molecule has 0 fully saturated rings. The van der Waals surface area contributed by atoms with E-state index in [1.165, 1.54) is 22.3 Å². The highest BCUT2D eigenvalue weighted by atomic mass is 31.2. The molecule has 6 nitrogen and oxygen atoms in total. The molecule has 0 atom stereocenters. The van der Waals surface area contributed by atoms with Gasteiger partial charge in [0.2, 0.25) is 0 Å². The van der Waals surface area contributed by atoms with Crippen molar-refractivity contribution in [2.24, 2.45) is 0 Å². The molecule has 0 saturated carbocycles. The predicted octanol–water partition coefficient (Wildman–Crippen LogP) is 18.5. The van der Waals surface area contributed by atoms with Crippen LogP contribution in [0.3, 0.4) is 0 Å². The smallest absolute Gasteiger partial charge is 0.417 e. The molecule has 0 radical (unpaired) electrons. The Balaban J connectivity index is 1.89. The third-order valence-corrected chi connectivity index (χ3v) is 14.1. The van der Waals surface area contributed by atoms with E-state index in [9.17, 15) is 0 Å². The third kappa shape index (κ3) is 14.9. The number of hydrogen-bond donors (Lipinski definition) is 0. The van der Waals surface area contributed by atoms with Crippen molar-refractivity contribution in [1.29, 1.82) is 0 Å². The third-order valence-electron chi connectivity index (χ3n) is 11.8. The molecule has 8 heteroatoms. The van der Waals surface area contributed by atoms with Gasteiger partial charge in [-0.1, -0.05) is 215 Å². The first kappa shape index (κ1) is 55.5. The standard InChI is InChI=1S/C58H88O6P2/c1-38(59-65(61-47-30-26-39(51(2,3)4)34-43(47)55(14,15)16)62-48-31-27-40(52(5,6)7)35-44(48)56(17,18)19)60-66(63-49-32-28-41(53(8,9)10)36-45(49)57(20,21)22)64-50-33-29-42(54(11,12)13)37-46(50)58(23,24)25/h26-38H,1-25H3. The lowest BCUT2D eigenvalue weighted by Crippen LogP contribution is -2.20. The Hall–Kier alpha value is -3.14. The topological polar surface area (TPSA) is 55.4 Å². The Morgan fingerprint density at radius 3 is 0.621 bits per heavy atom. The zero-order valence-corrected chi connectivity index (χ0v) is 47.6. The lowest BCUT2D eigenvalue weighted by atomic mass is 9.80. The van der Waals surface area contributed by atoms with E-state index in [2.05, 4.69) is 239 Å². The summed E-state index contributed by atoms with van der Waals surface area (Å²) in [7, 11) is -4.23. The Morgan fingerprint density at radius 2 is 0.470 bits per heavy atom. The molecule has 0 unspecified atom stereocenters. The van der Waals surface area contributed by atoms with E-state index in [0.717, 1.165) is 22.3 Å². The molecule has 0 N–H and O–H groups in total. The quantitative estimate of drug-likeness (QED) is 0.104. The molecule has 4 aromatic carbocycles. The maximum absolute atomic E-state index is 6.98. The molecule has 0 bridgehead atoms. The second kappa shape index (κ2) is 19.7. The summed E-state index contributed by atoms with van der Waals surface area (Å²) in [6.45, 7) is 55.2. The van der Waals surface area contributed by atoms with Gasteiger partial charge in [0.25, 0.3) is 0 Å². The average molecular weight is 943 g/mol. The summed E-state index contributed by atoms with van der Waals surface area (Å²) in [5, 5.41) is 0. The average Bonchev–Trinajstić information content (AvgIpc) is 3.11. The predicted molar refractivity (Wildman–Crippen MR) is 283 cm³/mol. The molecule has 66 heavy (non-hydrogen) atoms. The molecule has 0 aliphatic rings. The SMILES string of the molecule is CC(OP(Oc1ccc(C(C)(C)C)cc1C(C)(C)C)Oc1ccc(C(C)(C)C)cc1C(C)(C)C)OP(Oc1ccc(C(C)(C)C)cc1C(C)(C)C)Oc1ccc(C(C)(C)C)cc1C(C)(C)C. The van der Waals surface area contributed by atoms with Crippen molar-refractivity contribution in [3.05, 3.63) is 117 Å². The Labute approximate surface area is 405 Å². The lowest BCUT2D eigenvalue weighted by Gasteiger charge is -2.31. The summed E-state index contributed by atoms with van der Waals surface area (Å²) in [4.78, 5) is 0. The first-order valence-corrected chi connectivity index (χ1v) is 26.1. The van der Waals surface area contributed by atoms with Gasteiger partial charge in [0, 0.05) is 22.3 Å². The highest BCUT2D eigenvalue weighted by Crippen LogP contribution is 2.53. The summed E-state index contributed by atoms with van der Waals surface area (Å²) >= 11 is 0. The minimum absolute atomic E-state index is 0.0496. The van der Waals surface area contributed by atoms with Gasteiger partial charge in [0.15, 0.2) is 6.29 Å². The van der Waals surface area contributed by atoms with Gasteiger partial charge in [-0.25, -0.2) is 0 Å². The van der Waals surface area contributed by atoms with Gasteiger partial charge in [-0.3, -0.25) is 9.05 Å². The van der Waals surface area contributed by atoms with Gasteiger partial charge in [-0.15, -0.1) is 0 Å². The van der Waals surface area contributed by atoms with Crippen LogP contribution in [0, 0.1) is 0 Å². The van der Waals surface area contributed by atoms with E-state index >= 15 is 0 Å². The molecule has 0 aliphatic carbocycles. The molecule has 0 heterocycles. The van der Waals surface area contributed by atoms with Crippen LogP contribution in [0.4, 0.5) is 0 Å². The molecule has 0 aromatic heterocycles. The Kier molecular flexibility index (Phi) is 16.5. The van der Waals surface area contributed by atoms with Crippen molar-refractivity contribution in [2.75, 3.05) is 0 Å². The number of benzene rings is 4. The summed E-state index contributed by atoms with van der Waals surface area (Å²) in [5.41, 5.74) is 8.04. The van der Waals surface area contributed by atoms with Crippen LogP contribution in [0.1, 0.15) is 218 Å². The molecule has 0 saturated heterocycles. The fraction of sp³-hybridized carbons (Fsp3) is 0.586. The molecular formula is C58H88O6P2. The summed E-state index contributed by atoms with van der Waals surface area (Å²) in [5.74, 6) is 2.81. The van der Waals surface area contributed by atoms with Crippen LogP contribution in [0.15, 0.2) is 72.8 Å². The molecule has 0 aliphatic heterocycles. The van der Waals surface area contributed by atoms with Crippen LogP contribution in [0.5, 0.6) is 23.0 Å². The zero-order chi connectivity index (χ0) is 50.4. The normalized spacial score (nSPS) is 13.8. The fourth-order valence-corrected chi connectivity index (χ4v) is 9.52. The maximum atomic E-state index is 6.98. The van der Waals surface area contributed by atoms with Crippen LogP contribution in [-0.2, 0) is 52.4 Å². The molecular weight excluding hydrogens is 855 g/mol. The van der Waals surface area contributed by atoms with Crippen LogP contribution in [0.2, 0.25) is 0 Å². The van der Waals surface area contributed by atoms with Gasteiger partial charge >= 0.3 is 17.2 Å². The van der Waals surface area contributed by atoms with Crippen molar-refractivity contribution in [3.8, 4) is 23.0 Å². The lowest BCUT2D eigenvalue weighted by molar-refractivity contribution is 0.00971. The highest BCUT2D eigenvalue weighted by Gasteiger charge is 2.35. The maximum Gasteiger partial charge on any atom is 0.465 e. The molecule has 0 spiro atoms. The van der Waals surface area contributed by atoms with Gasteiger partial charge < -0.3 is 18.1 Å².